The molecule has 0 radical (unpaired) electrons. The van der Waals surface area contributed by atoms with Crippen LogP contribution in [0.25, 0.3) is 0 Å². The van der Waals surface area contributed by atoms with Gasteiger partial charge in [0.2, 0.25) is 0 Å². The van der Waals surface area contributed by atoms with Gasteiger partial charge in [0, 0.05) is 6.54 Å². The number of nitrogens with one attached hydrogen (secondary N) is 1. The van der Waals surface area contributed by atoms with E-state index in [-0.39, 0.29) is 17.9 Å². The standard InChI is InChI=1S/C16H14F2N2O/c17-14-7-13(9-19)8-15(18)16(14)20-6-5-11-1-3-12(10-21)4-2-11/h1-4,7-8,20-21H,5-6,10H2. The fraction of sp³-hybridized carbons (Fsp3) is 0.188. The van der Waals surface area contributed by atoms with Gasteiger partial charge < -0.3 is 10.4 Å². The lowest BCUT2D eigenvalue weighted by molar-refractivity contribution is 0.282. The smallest absolute Gasteiger partial charge is 0.150 e. The summed E-state index contributed by atoms with van der Waals surface area (Å²) in [4.78, 5) is 0. The molecule has 0 fully saturated rings. The number of benzene rings is 2. The number of rotatable bonds is 5. The molecule has 0 atom stereocenters. The van der Waals surface area contributed by atoms with Gasteiger partial charge in [0.1, 0.15) is 5.69 Å². The minimum Gasteiger partial charge on any atom is -0.392 e. The molecule has 0 amide bonds. The van der Waals surface area contributed by atoms with Crippen molar-refractivity contribution in [2.75, 3.05) is 11.9 Å². The van der Waals surface area contributed by atoms with Crippen LogP contribution in [0.15, 0.2) is 36.4 Å². The van der Waals surface area contributed by atoms with Crippen molar-refractivity contribution >= 4 is 5.69 Å². The second kappa shape index (κ2) is 6.82. The highest BCUT2D eigenvalue weighted by Gasteiger charge is 2.10. The topological polar surface area (TPSA) is 56.0 Å². The minimum atomic E-state index is -0.776. The number of anilines is 1. The van der Waals surface area contributed by atoms with Gasteiger partial charge in [-0.3, -0.25) is 0 Å². The molecule has 2 N–H and O–H groups in total. The third-order valence-corrected chi connectivity index (χ3v) is 3.09. The molecular formula is C16H14F2N2O. The Morgan fingerprint density at radius 3 is 2.14 bits per heavy atom. The first-order valence-electron chi connectivity index (χ1n) is 6.45. The highest BCUT2D eigenvalue weighted by Crippen LogP contribution is 2.20. The maximum atomic E-state index is 13.6. The molecule has 0 heterocycles. The van der Waals surface area contributed by atoms with E-state index in [2.05, 4.69) is 5.32 Å². The summed E-state index contributed by atoms with van der Waals surface area (Å²) in [5, 5.41) is 20.3. The number of aliphatic hydroxyl groups excluding tert-OH is 1. The van der Waals surface area contributed by atoms with Crippen LogP contribution < -0.4 is 5.32 Å². The number of nitriles is 1. The Morgan fingerprint density at radius 2 is 1.62 bits per heavy atom. The zero-order valence-corrected chi connectivity index (χ0v) is 11.2. The Bertz CT molecular complexity index is 640. The second-order valence-electron chi connectivity index (χ2n) is 4.58. The van der Waals surface area contributed by atoms with E-state index in [4.69, 9.17) is 10.4 Å². The molecule has 5 heteroatoms. The van der Waals surface area contributed by atoms with Gasteiger partial charge in [0.05, 0.1) is 18.2 Å². The van der Waals surface area contributed by atoms with Gasteiger partial charge in [-0.2, -0.15) is 5.26 Å². The molecule has 0 unspecified atom stereocenters. The Morgan fingerprint density at radius 1 is 1.05 bits per heavy atom. The van der Waals surface area contributed by atoms with Gasteiger partial charge in [0.25, 0.3) is 0 Å². The van der Waals surface area contributed by atoms with Crippen LogP contribution in [0.1, 0.15) is 16.7 Å². The summed E-state index contributed by atoms with van der Waals surface area (Å²) < 4.78 is 27.3. The first-order valence-corrected chi connectivity index (χ1v) is 6.45. The molecule has 108 valence electrons. The van der Waals surface area contributed by atoms with Crippen molar-refractivity contribution in [1.29, 1.82) is 5.26 Å². The highest BCUT2D eigenvalue weighted by atomic mass is 19.1. The van der Waals surface area contributed by atoms with Crippen molar-refractivity contribution in [3.05, 3.63) is 64.7 Å². The molecular weight excluding hydrogens is 274 g/mol. The van der Waals surface area contributed by atoms with Crippen molar-refractivity contribution in [1.82, 2.24) is 0 Å². The first-order chi connectivity index (χ1) is 10.1. The van der Waals surface area contributed by atoms with E-state index in [0.717, 1.165) is 23.3 Å². The predicted octanol–water partition coefficient (Wildman–Crippen LogP) is 2.98. The minimum absolute atomic E-state index is 0.0137. The molecule has 0 saturated heterocycles. The van der Waals surface area contributed by atoms with Crippen LogP contribution in [0.3, 0.4) is 0 Å². The average molecular weight is 288 g/mol. The summed E-state index contributed by atoms with van der Waals surface area (Å²) in [6, 6.07) is 11.0. The van der Waals surface area contributed by atoms with E-state index < -0.39 is 11.6 Å². The summed E-state index contributed by atoms with van der Waals surface area (Å²) in [6.07, 6.45) is 0.588. The summed E-state index contributed by atoms with van der Waals surface area (Å²) in [5.41, 5.74) is 1.54. The van der Waals surface area contributed by atoms with Gasteiger partial charge in [-0.25, -0.2) is 8.78 Å². The molecule has 0 aliphatic carbocycles. The summed E-state index contributed by atoms with van der Waals surface area (Å²) in [5.74, 6) is -1.55. The maximum absolute atomic E-state index is 13.6. The summed E-state index contributed by atoms with van der Waals surface area (Å²) >= 11 is 0. The Hall–Kier alpha value is -2.45. The van der Waals surface area contributed by atoms with Crippen LogP contribution in [-0.4, -0.2) is 11.7 Å². The third-order valence-electron chi connectivity index (χ3n) is 3.09. The molecule has 2 rings (SSSR count). The van der Waals surface area contributed by atoms with E-state index in [0.29, 0.717) is 13.0 Å². The molecule has 0 aliphatic rings. The fourth-order valence-corrected chi connectivity index (χ4v) is 1.95. The Kier molecular flexibility index (Phi) is 4.85. The summed E-state index contributed by atoms with van der Waals surface area (Å²) in [6.45, 7) is 0.346. The van der Waals surface area contributed by atoms with Crippen LogP contribution in [-0.2, 0) is 13.0 Å². The van der Waals surface area contributed by atoms with Gasteiger partial charge in [-0.15, -0.1) is 0 Å². The molecule has 0 spiro atoms. The lowest BCUT2D eigenvalue weighted by Gasteiger charge is -2.09. The highest BCUT2D eigenvalue weighted by molar-refractivity contribution is 5.50. The van der Waals surface area contributed by atoms with Crippen LogP contribution in [0, 0.1) is 23.0 Å². The SMILES string of the molecule is N#Cc1cc(F)c(NCCc2ccc(CO)cc2)c(F)c1. The zero-order valence-electron chi connectivity index (χ0n) is 11.2. The van der Waals surface area contributed by atoms with Crippen molar-refractivity contribution in [3.63, 3.8) is 0 Å². The molecule has 2 aromatic rings. The van der Waals surface area contributed by atoms with Gasteiger partial charge in [0.15, 0.2) is 11.6 Å². The number of hydrogen-bond acceptors (Lipinski definition) is 3. The van der Waals surface area contributed by atoms with Crippen LogP contribution in [0.2, 0.25) is 0 Å². The summed E-state index contributed by atoms with van der Waals surface area (Å²) in [7, 11) is 0. The lowest BCUT2D eigenvalue weighted by atomic mass is 10.1. The second-order valence-corrected chi connectivity index (χ2v) is 4.58. The van der Waals surface area contributed by atoms with E-state index in [9.17, 15) is 8.78 Å². The first kappa shape index (κ1) is 14.9. The van der Waals surface area contributed by atoms with Crippen molar-refractivity contribution in [2.24, 2.45) is 0 Å². The predicted molar refractivity (Wildman–Crippen MR) is 75.6 cm³/mol. The molecule has 0 aliphatic heterocycles. The normalized spacial score (nSPS) is 10.2. The molecule has 3 nitrogen and oxygen atoms in total. The van der Waals surface area contributed by atoms with E-state index in [1.54, 1.807) is 18.2 Å². The average Bonchev–Trinajstić information content (AvgIpc) is 2.50. The van der Waals surface area contributed by atoms with Crippen molar-refractivity contribution in [3.8, 4) is 6.07 Å². The Balaban J connectivity index is 1.98. The lowest BCUT2D eigenvalue weighted by Crippen LogP contribution is -2.08. The van der Waals surface area contributed by atoms with Crippen LogP contribution in [0.5, 0.6) is 0 Å². The molecule has 2 aromatic carbocycles. The van der Waals surface area contributed by atoms with Crippen LogP contribution in [0.4, 0.5) is 14.5 Å². The van der Waals surface area contributed by atoms with Crippen molar-refractivity contribution in [2.45, 2.75) is 13.0 Å². The number of halogens is 2. The fourth-order valence-electron chi connectivity index (χ4n) is 1.95. The van der Waals surface area contributed by atoms with Crippen molar-refractivity contribution < 1.29 is 13.9 Å². The zero-order chi connectivity index (χ0) is 15.2. The van der Waals surface area contributed by atoms with E-state index >= 15 is 0 Å². The molecule has 21 heavy (non-hydrogen) atoms. The monoisotopic (exact) mass is 288 g/mol. The van der Waals surface area contributed by atoms with Gasteiger partial charge >= 0.3 is 0 Å². The van der Waals surface area contributed by atoms with Gasteiger partial charge in [-0.1, -0.05) is 24.3 Å². The molecule has 0 saturated carbocycles. The number of aliphatic hydroxyl groups is 1. The molecule has 0 aromatic heterocycles. The largest absolute Gasteiger partial charge is 0.392 e. The van der Waals surface area contributed by atoms with E-state index in [1.807, 2.05) is 12.1 Å². The maximum Gasteiger partial charge on any atom is 0.150 e. The van der Waals surface area contributed by atoms with Gasteiger partial charge in [-0.05, 0) is 29.7 Å². The quantitative estimate of drug-likeness (QED) is 0.889. The number of nitrogens with zero attached hydrogens (tertiary/aromatic N) is 1. The van der Waals surface area contributed by atoms with Crippen LogP contribution >= 0.6 is 0 Å². The van der Waals surface area contributed by atoms with E-state index in [1.165, 1.54) is 0 Å². The number of hydrogen-bond donors (Lipinski definition) is 2. The Labute approximate surface area is 121 Å². The third kappa shape index (κ3) is 3.77. The molecule has 0 bridgehead atoms.